The number of carbonyl (C=O) groups excluding carboxylic acids is 2. The van der Waals surface area contributed by atoms with Gasteiger partial charge in [0, 0.05) is 37.4 Å². The number of carbonyl (C=O) groups is 2. The van der Waals surface area contributed by atoms with Crippen molar-refractivity contribution in [1.29, 1.82) is 0 Å². The van der Waals surface area contributed by atoms with Crippen molar-refractivity contribution in [1.82, 2.24) is 9.80 Å². The van der Waals surface area contributed by atoms with Crippen molar-refractivity contribution in [2.24, 2.45) is 5.92 Å². The van der Waals surface area contributed by atoms with Crippen LogP contribution in [0.25, 0.3) is 0 Å². The predicted molar refractivity (Wildman–Crippen MR) is 124 cm³/mol. The van der Waals surface area contributed by atoms with Crippen molar-refractivity contribution in [3.05, 3.63) is 29.8 Å². The molecular weight excluding hydrogens is 406 g/mol. The predicted octanol–water partition coefficient (Wildman–Crippen LogP) is 3.66. The molecular formula is C25H37N3O4. The fourth-order valence-corrected chi connectivity index (χ4v) is 5.37. The second-order valence-electron chi connectivity index (χ2n) is 10.4. The van der Waals surface area contributed by atoms with Gasteiger partial charge in [-0.25, -0.2) is 4.79 Å². The number of hydrogen-bond acceptors (Lipinski definition) is 6. The first-order valence-electron chi connectivity index (χ1n) is 11.9. The van der Waals surface area contributed by atoms with E-state index in [0.717, 1.165) is 58.4 Å². The molecule has 2 atom stereocenters. The summed E-state index contributed by atoms with van der Waals surface area (Å²) < 4.78 is 10.5. The molecule has 3 heterocycles. The smallest absolute Gasteiger partial charge is 0.410 e. The Labute approximate surface area is 191 Å². The zero-order chi connectivity index (χ0) is 22.9. The van der Waals surface area contributed by atoms with Crippen LogP contribution < -0.4 is 4.90 Å². The topological polar surface area (TPSA) is 62.3 Å². The highest BCUT2D eigenvalue weighted by atomic mass is 16.6. The van der Waals surface area contributed by atoms with Gasteiger partial charge in [-0.05, 0) is 77.2 Å². The molecule has 176 valence electrons. The second kappa shape index (κ2) is 9.30. The molecule has 3 fully saturated rings. The number of hydrogen-bond donors (Lipinski definition) is 0. The first-order chi connectivity index (χ1) is 15.2. The molecule has 0 N–H and O–H groups in total. The van der Waals surface area contributed by atoms with E-state index in [1.165, 1.54) is 18.4 Å². The van der Waals surface area contributed by atoms with Crippen molar-refractivity contribution in [2.45, 2.75) is 70.7 Å². The summed E-state index contributed by atoms with van der Waals surface area (Å²) in [4.78, 5) is 31.2. The molecule has 0 saturated carbocycles. The minimum absolute atomic E-state index is 0.0412. The molecule has 0 aliphatic carbocycles. The number of benzene rings is 1. The molecule has 1 amide bonds. The lowest BCUT2D eigenvalue weighted by atomic mass is 9.96. The Balaban J connectivity index is 1.37. The van der Waals surface area contributed by atoms with Crippen LogP contribution >= 0.6 is 0 Å². The Morgan fingerprint density at radius 3 is 2.28 bits per heavy atom. The molecule has 7 heteroatoms. The van der Waals surface area contributed by atoms with E-state index >= 15 is 0 Å². The number of anilines is 1. The van der Waals surface area contributed by atoms with Gasteiger partial charge in [-0.1, -0.05) is 12.1 Å². The summed E-state index contributed by atoms with van der Waals surface area (Å²) in [5.74, 6) is -0.0351. The SMILES string of the molecule is COC(=O)C1CCN(Cc2cccc(N3C4CCC3CN(C(=O)OC(C)(C)C)C4)c2)CC1. The van der Waals surface area contributed by atoms with Gasteiger partial charge in [0.1, 0.15) is 5.60 Å². The zero-order valence-electron chi connectivity index (χ0n) is 19.9. The van der Waals surface area contributed by atoms with E-state index in [0.29, 0.717) is 12.1 Å². The monoisotopic (exact) mass is 443 g/mol. The van der Waals surface area contributed by atoms with Crippen LogP contribution in [-0.4, -0.2) is 72.8 Å². The number of amides is 1. The lowest BCUT2D eigenvalue weighted by Gasteiger charge is -2.42. The number of fused-ring (bicyclic) bond motifs is 2. The summed E-state index contributed by atoms with van der Waals surface area (Å²) in [5, 5.41) is 0. The van der Waals surface area contributed by atoms with Crippen LogP contribution in [0.5, 0.6) is 0 Å². The van der Waals surface area contributed by atoms with Crippen molar-refractivity contribution >= 4 is 17.7 Å². The van der Waals surface area contributed by atoms with Crippen LogP contribution in [0.15, 0.2) is 24.3 Å². The van der Waals surface area contributed by atoms with Crippen LogP contribution in [0, 0.1) is 5.92 Å². The lowest BCUT2D eigenvalue weighted by Crippen LogP contribution is -2.56. The Bertz CT molecular complexity index is 815. The van der Waals surface area contributed by atoms with Gasteiger partial charge in [0.25, 0.3) is 0 Å². The third kappa shape index (κ3) is 5.20. The van der Waals surface area contributed by atoms with E-state index in [-0.39, 0.29) is 18.0 Å². The van der Waals surface area contributed by atoms with E-state index in [9.17, 15) is 9.59 Å². The fourth-order valence-electron chi connectivity index (χ4n) is 5.37. The van der Waals surface area contributed by atoms with E-state index in [2.05, 4.69) is 34.1 Å². The number of piperidine rings is 1. The summed E-state index contributed by atoms with van der Waals surface area (Å²) in [6, 6.07) is 9.52. The van der Waals surface area contributed by atoms with Crippen molar-refractivity contribution in [3.8, 4) is 0 Å². The number of likely N-dealkylation sites (tertiary alicyclic amines) is 2. The number of nitrogens with zero attached hydrogens (tertiary/aromatic N) is 3. The minimum Gasteiger partial charge on any atom is -0.469 e. The van der Waals surface area contributed by atoms with Gasteiger partial charge in [0.2, 0.25) is 0 Å². The second-order valence-corrected chi connectivity index (χ2v) is 10.4. The number of piperazine rings is 1. The first kappa shape index (κ1) is 22.9. The molecule has 3 saturated heterocycles. The molecule has 0 spiro atoms. The van der Waals surface area contributed by atoms with Gasteiger partial charge in [-0.3, -0.25) is 9.69 Å². The summed E-state index contributed by atoms with van der Waals surface area (Å²) in [6.45, 7) is 9.92. The van der Waals surface area contributed by atoms with Gasteiger partial charge >= 0.3 is 12.1 Å². The summed E-state index contributed by atoms with van der Waals surface area (Å²) in [7, 11) is 1.47. The highest BCUT2D eigenvalue weighted by Gasteiger charge is 2.42. The molecule has 32 heavy (non-hydrogen) atoms. The van der Waals surface area contributed by atoms with E-state index in [4.69, 9.17) is 9.47 Å². The van der Waals surface area contributed by atoms with Crippen LogP contribution in [0.4, 0.5) is 10.5 Å². The van der Waals surface area contributed by atoms with Gasteiger partial charge in [-0.15, -0.1) is 0 Å². The highest BCUT2D eigenvalue weighted by molar-refractivity contribution is 5.72. The average molecular weight is 444 g/mol. The quantitative estimate of drug-likeness (QED) is 0.662. The maximum absolute atomic E-state index is 12.6. The van der Waals surface area contributed by atoms with Crippen molar-refractivity contribution in [2.75, 3.05) is 38.2 Å². The van der Waals surface area contributed by atoms with Crippen LogP contribution in [-0.2, 0) is 20.8 Å². The Morgan fingerprint density at radius 1 is 1.03 bits per heavy atom. The first-order valence-corrected chi connectivity index (χ1v) is 11.9. The molecule has 2 unspecified atom stereocenters. The molecule has 0 aromatic heterocycles. The normalized spacial score (nSPS) is 24.5. The summed E-state index contributed by atoms with van der Waals surface area (Å²) >= 11 is 0. The molecule has 7 nitrogen and oxygen atoms in total. The molecule has 2 bridgehead atoms. The maximum atomic E-state index is 12.6. The number of methoxy groups -OCH3 is 1. The molecule has 3 aliphatic rings. The third-order valence-corrected chi connectivity index (χ3v) is 6.87. The lowest BCUT2D eigenvalue weighted by molar-refractivity contribution is -0.147. The molecule has 1 aromatic carbocycles. The van der Waals surface area contributed by atoms with Crippen LogP contribution in [0.2, 0.25) is 0 Å². The molecule has 3 aliphatic heterocycles. The number of esters is 1. The Hall–Kier alpha value is -2.28. The molecule has 1 aromatic rings. The largest absolute Gasteiger partial charge is 0.469 e. The Morgan fingerprint density at radius 2 is 1.69 bits per heavy atom. The standard InChI is InChI=1S/C25H37N3O4/c1-25(2,3)32-24(30)27-16-21-8-9-22(17-27)28(21)20-7-5-6-18(14-20)15-26-12-10-19(11-13-26)23(29)31-4/h5-7,14,19,21-22H,8-13,15-17H2,1-4H3. The highest BCUT2D eigenvalue weighted by Crippen LogP contribution is 2.36. The van der Waals surface area contributed by atoms with E-state index in [1.54, 1.807) is 0 Å². The van der Waals surface area contributed by atoms with Crippen molar-refractivity contribution in [3.63, 3.8) is 0 Å². The van der Waals surface area contributed by atoms with Crippen molar-refractivity contribution < 1.29 is 19.1 Å². The third-order valence-electron chi connectivity index (χ3n) is 6.87. The average Bonchev–Trinajstić information content (AvgIpc) is 3.02. The van der Waals surface area contributed by atoms with E-state index in [1.807, 2.05) is 25.7 Å². The minimum atomic E-state index is -0.465. The summed E-state index contributed by atoms with van der Waals surface area (Å²) in [5.41, 5.74) is 2.09. The van der Waals surface area contributed by atoms with E-state index < -0.39 is 5.60 Å². The maximum Gasteiger partial charge on any atom is 0.410 e. The van der Waals surface area contributed by atoms with Gasteiger partial charge in [-0.2, -0.15) is 0 Å². The van der Waals surface area contributed by atoms with Gasteiger partial charge in [0.15, 0.2) is 0 Å². The number of ether oxygens (including phenoxy) is 2. The number of rotatable bonds is 4. The zero-order valence-corrected chi connectivity index (χ0v) is 19.9. The van der Waals surface area contributed by atoms with Gasteiger partial charge in [0.05, 0.1) is 13.0 Å². The van der Waals surface area contributed by atoms with Gasteiger partial charge < -0.3 is 19.3 Å². The molecule has 4 rings (SSSR count). The van der Waals surface area contributed by atoms with Crippen LogP contribution in [0.3, 0.4) is 0 Å². The Kier molecular flexibility index (Phi) is 6.65. The molecule has 0 radical (unpaired) electrons. The fraction of sp³-hybridized carbons (Fsp3) is 0.680. The van der Waals surface area contributed by atoms with Crippen LogP contribution in [0.1, 0.15) is 52.0 Å². The summed E-state index contributed by atoms with van der Waals surface area (Å²) in [6.07, 6.45) is 3.75.